The highest BCUT2D eigenvalue weighted by Crippen LogP contribution is 2.24. The number of hydroxylamine groups is 2. The van der Waals surface area contributed by atoms with Gasteiger partial charge < -0.3 is 4.84 Å². The van der Waals surface area contributed by atoms with Gasteiger partial charge in [0.05, 0.1) is 5.56 Å². The molecule has 0 saturated carbocycles. The van der Waals surface area contributed by atoms with Crippen LogP contribution in [0.3, 0.4) is 0 Å². The summed E-state index contributed by atoms with van der Waals surface area (Å²) >= 11 is 1.39. The molecular formula is C14H17NO3S. The number of thioether (sulfide) groups is 1. The fourth-order valence-electron chi connectivity index (χ4n) is 2.02. The Kier molecular flexibility index (Phi) is 4.99. The lowest BCUT2D eigenvalue weighted by Gasteiger charge is -2.29. The SMILES string of the molecule is CC(=O)SC1CCN(OC(=O)c2ccccc2)CC1. The molecule has 2 rings (SSSR count). The van der Waals surface area contributed by atoms with Crippen molar-refractivity contribution in [2.45, 2.75) is 25.0 Å². The quantitative estimate of drug-likeness (QED) is 0.850. The molecule has 4 nitrogen and oxygen atoms in total. The minimum absolute atomic E-state index is 0.153. The third kappa shape index (κ3) is 4.36. The van der Waals surface area contributed by atoms with Crippen molar-refractivity contribution in [1.82, 2.24) is 5.06 Å². The molecule has 19 heavy (non-hydrogen) atoms. The monoisotopic (exact) mass is 279 g/mol. The number of carbonyl (C=O) groups excluding carboxylic acids is 2. The Hall–Kier alpha value is -1.33. The zero-order valence-corrected chi connectivity index (χ0v) is 11.7. The summed E-state index contributed by atoms with van der Waals surface area (Å²) in [6.45, 7) is 2.96. The Labute approximate surface area is 117 Å². The first-order valence-electron chi connectivity index (χ1n) is 6.34. The van der Waals surface area contributed by atoms with Crippen molar-refractivity contribution >= 4 is 22.8 Å². The lowest BCUT2D eigenvalue weighted by Crippen LogP contribution is -2.36. The van der Waals surface area contributed by atoms with Crippen LogP contribution in [0.4, 0.5) is 0 Å². The number of hydrogen-bond donors (Lipinski definition) is 0. The highest BCUT2D eigenvalue weighted by Gasteiger charge is 2.23. The highest BCUT2D eigenvalue weighted by atomic mass is 32.2. The maximum absolute atomic E-state index is 11.8. The summed E-state index contributed by atoms with van der Waals surface area (Å²) in [5.74, 6) is -0.321. The van der Waals surface area contributed by atoms with E-state index in [9.17, 15) is 9.59 Å². The second-order valence-electron chi connectivity index (χ2n) is 4.48. The molecule has 102 valence electrons. The number of rotatable bonds is 3. The van der Waals surface area contributed by atoms with Crippen LogP contribution < -0.4 is 0 Å². The van der Waals surface area contributed by atoms with Crippen molar-refractivity contribution in [2.24, 2.45) is 0 Å². The molecule has 0 atom stereocenters. The molecule has 5 heteroatoms. The van der Waals surface area contributed by atoms with E-state index in [0.717, 1.165) is 12.8 Å². The van der Waals surface area contributed by atoms with Crippen LogP contribution in [0, 0.1) is 0 Å². The molecule has 1 aromatic carbocycles. The topological polar surface area (TPSA) is 46.6 Å². The Morgan fingerprint density at radius 1 is 1.21 bits per heavy atom. The predicted molar refractivity (Wildman–Crippen MR) is 74.7 cm³/mol. The van der Waals surface area contributed by atoms with E-state index in [-0.39, 0.29) is 11.1 Å². The van der Waals surface area contributed by atoms with Crippen LogP contribution in [-0.2, 0) is 9.63 Å². The summed E-state index contributed by atoms with van der Waals surface area (Å²) in [5, 5.41) is 2.19. The molecule has 0 amide bonds. The fraction of sp³-hybridized carbons (Fsp3) is 0.429. The number of benzene rings is 1. The Balaban J connectivity index is 1.80. The first-order valence-corrected chi connectivity index (χ1v) is 7.22. The molecule has 0 aliphatic carbocycles. The third-order valence-corrected chi connectivity index (χ3v) is 4.09. The van der Waals surface area contributed by atoms with Crippen molar-refractivity contribution in [1.29, 1.82) is 0 Å². The van der Waals surface area contributed by atoms with Crippen LogP contribution in [0.2, 0.25) is 0 Å². The fourth-order valence-corrected chi connectivity index (χ4v) is 2.94. The summed E-state index contributed by atoms with van der Waals surface area (Å²) in [7, 11) is 0. The molecule has 0 spiro atoms. The molecule has 0 aromatic heterocycles. The maximum atomic E-state index is 11.8. The molecule has 0 N–H and O–H groups in total. The molecule has 1 heterocycles. The van der Waals surface area contributed by atoms with Crippen molar-refractivity contribution in [3.05, 3.63) is 35.9 Å². The lowest BCUT2D eigenvalue weighted by atomic mass is 10.1. The van der Waals surface area contributed by atoms with Crippen LogP contribution in [0.15, 0.2) is 30.3 Å². The van der Waals surface area contributed by atoms with E-state index < -0.39 is 0 Å². The van der Waals surface area contributed by atoms with Gasteiger partial charge in [-0.1, -0.05) is 30.0 Å². The second kappa shape index (κ2) is 6.73. The summed E-state index contributed by atoms with van der Waals surface area (Å²) in [6.07, 6.45) is 1.73. The van der Waals surface area contributed by atoms with Gasteiger partial charge in [0.15, 0.2) is 5.12 Å². The van der Waals surface area contributed by atoms with E-state index in [2.05, 4.69) is 0 Å². The predicted octanol–water partition coefficient (Wildman–Crippen LogP) is 2.50. The van der Waals surface area contributed by atoms with Crippen LogP contribution in [0.1, 0.15) is 30.1 Å². The molecule has 1 aliphatic rings. The zero-order valence-electron chi connectivity index (χ0n) is 10.9. The number of nitrogens with zero attached hydrogens (tertiary/aromatic N) is 1. The third-order valence-electron chi connectivity index (χ3n) is 2.96. The van der Waals surface area contributed by atoms with E-state index in [4.69, 9.17) is 4.84 Å². The summed E-state index contributed by atoms with van der Waals surface area (Å²) in [4.78, 5) is 28.2. The molecule has 1 aromatic rings. The average Bonchev–Trinajstić information content (AvgIpc) is 2.41. The Morgan fingerprint density at radius 3 is 2.42 bits per heavy atom. The number of carbonyl (C=O) groups is 2. The highest BCUT2D eigenvalue weighted by molar-refractivity contribution is 8.14. The van der Waals surface area contributed by atoms with E-state index in [1.54, 1.807) is 24.1 Å². The molecule has 0 radical (unpaired) electrons. The van der Waals surface area contributed by atoms with Gasteiger partial charge in [-0.25, -0.2) is 4.79 Å². The van der Waals surface area contributed by atoms with Gasteiger partial charge in [-0.05, 0) is 25.0 Å². The molecule has 0 bridgehead atoms. The normalized spacial score (nSPS) is 17.1. The van der Waals surface area contributed by atoms with Crippen LogP contribution in [0.5, 0.6) is 0 Å². The smallest absolute Gasteiger partial charge is 0.357 e. The minimum atomic E-state index is -0.321. The summed E-state index contributed by atoms with van der Waals surface area (Å²) in [5.41, 5.74) is 0.558. The maximum Gasteiger partial charge on any atom is 0.357 e. The average molecular weight is 279 g/mol. The van der Waals surface area contributed by atoms with Gasteiger partial charge in [0.1, 0.15) is 0 Å². The van der Waals surface area contributed by atoms with Gasteiger partial charge in [-0.3, -0.25) is 4.79 Å². The van der Waals surface area contributed by atoms with Crippen LogP contribution in [-0.4, -0.2) is 34.5 Å². The molecule has 0 unspecified atom stereocenters. The summed E-state index contributed by atoms with van der Waals surface area (Å²) < 4.78 is 0. The van der Waals surface area contributed by atoms with E-state index in [1.807, 2.05) is 18.2 Å². The summed E-state index contributed by atoms with van der Waals surface area (Å²) in [6, 6.07) is 8.96. The minimum Gasteiger partial charge on any atom is -0.364 e. The van der Waals surface area contributed by atoms with Gasteiger partial charge in [0.25, 0.3) is 0 Å². The van der Waals surface area contributed by atoms with Crippen molar-refractivity contribution < 1.29 is 14.4 Å². The van der Waals surface area contributed by atoms with E-state index in [1.165, 1.54) is 11.8 Å². The zero-order chi connectivity index (χ0) is 13.7. The standard InChI is InChI=1S/C14H17NO3S/c1-11(16)19-13-7-9-15(10-8-13)18-14(17)12-5-3-2-4-6-12/h2-6,13H,7-10H2,1H3. The van der Waals surface area contributed by atoms with Crippen LogP contribution >= 0.6 is 11.8 Å². The van der Waals surface area contributed by atoms with Crippen LogP contribution in [0.25, 0.3) is 0 Å². The van der Waals surface area contributed by atoms with E-state index in [0.29, 0.717) is 23.9 Å². The molecule has 1 aliphatic heterocycles. The second-order valence-corrected chi connectivity index (χ2v) is 5.96. The first-order chi connectivity index (χ1) is 9.15. The Bertz CT molecular complexity index is 441. The van der Waals surface area contributed by atoms with Gasteiger partial charge in [-0.2, -0.15) is 0 Å². The molecular weight excluding hydrogens is 262 g/mol. The molecule has 1 fully saturated rings. The van der Waals surface area contributed by atoms with Crippen molar-refractivity contribution in [3.8, 4) is 0 Å². The molecule has 1 saturated heterocycles. The van der Waals surface area contributed by atoms with Gasteiger partial charge in [0.2, 0.25) is 0 Å². The number of piperidine rings is 1. The largest absolute Gasteiger partial charge is 0.364 e. The van der Waals surface area contributed by atoms with Gasteiger partial charge >= 0.3 is 5.97 Å². The Morgan fingerprint density at radius 2 is 1.84 bits per heavy atom. The van der Waals surface area contributed by atoms with Gasteiger partial charge in [0, 0.05) is 25.3 Å². The first kappa shape index (κ1) is 14.1. The van der Waals surface area contributed by atoms with Crippen molar-refractivity contribution in [3.63, 3.8) is 0 Å². The van der Waals surface area contributed by atoms with Crippen molar-refractivity contribution in [2.75, 3.05) is 13.1 Å². The van der Waals surface area contributed by atoms with E-state index >= 15 is 0 Å². The number of hydrogen-bond acceptors (Lipinski definition) is 5. The van der Waals surface area contributed by atoms with Gasteiger partial charge in [-0.15, -0.1) is 5.06 Å². The lowest BCUT2D eigenvalue weighted by molar-refractivity contribution is -0.119.